The van der Waals surface area contributed by atoms with Gasteiger partial charge in [-0.3, -0.25) is 20.1 Å². The van der Waals surface area contributed by atoms with E-state index < -0.39 is 0 Å². The minimum absolute atomic E-state index is 0.828. The van der Waals surface area contributed by atoms with E-state index in [-0.39, 0.29) is 0 Å². The molecule has 6 aromatic rings. The Morgan fingerprint density at radius 2 is 1.63 bits per heavy atom. The van der Waals surface area contributed by atoms with Gasteiger partial charge in [0.1, 0.15) is 5.69 Å². The van der Waals surface area contributed by atoms with Crippen LogP contribution in [0.25, 0.3) is 55.4 Å². The normalized spacial score (nSPS) is 14.1. The molecule has 1 aliphatic rings. The van der Waals surface area contributed by atoms with Crippen LogP contribution in [0.3, 0.4) is 0 Å². The van der Waals surface area contributed by atoms with Crippen molar-refractivity contribution < 1.29 is 0 Å². The molecule has 188 valence electrons. The van der Waals surface area contributed by atoms with Gasteiger partial charge in [-0.05, 0) is 78.4 Å². The summed E-state index contributed by atoms with van der Waals surface area (Å²) in [5, 5.41) is 13.7. The molecule has 0 bridgehead atoms. The van der Waals surface area contributed by atoms with Crippen LogP contribution in [0.15, 0.2) is 79.6 Å². The number of H-pyrrole nitrogens is 2. The Kier molecular flexibility index (Phi) is 5.90. The van der Waals surface area contributed by atoms with E-state index >= 15 is 0 Å². The fourth-order valence-corrected chi connectivity index (χ4v) is 5.72. The van der Waals surface area contributed by atoms with Crippen LogP contribution in [-0.2, 0) is 6.54 Å². The van der Waals surface area contributed by atoms with Crippen LogP contribution >= 0.6 is 0 Å². The van der Waals surface area contributed by atoms with E-state index in [0.717, 1.165) is 74.5 Å². The molecule has 7 heteroatoms. The summed E-state index contributed by atoms with van der Waals surface area (Å²) in [6, 6.07) is 14.8. The summed E-state index contributed by atoms with van der Waals surface area (Å²) in [6.45, 7) is 1.94. The van der Waals surface area contributed by atoms with Gasteiger partial charge in [0.15, 0.2) is 0 Å². The van der Waals surface area contributed by atoms with Crippen LogP contribution in [0.4, 0.5) is 0 Å². The Balaban J connectivity index is 1.20. The molecule has 0 atom stereocenters. The second-order valence-corrected chi connectivity index (χ2v) is 10.3. The standard InChI is InChI=1S/C31H29N7/c1-2-4-20(3-1)14-33-15-21-11-24(17-34-16-21)23-5-6-28-26(12-23)31(38-37-28)29-13-25-27(18-35-19-30(25)36-29)22-7-9-32-10-8-22/h5-13,16-20,33,36H,1-4,14-15H2,(H,37,38). The van der Waals surface area contributed by atoms with Crippen molar-refractivity contribution in [1.29, 1.82) is 0 Å². The first-order valence-corrected chi connectivity index (χ1v) is 13.3. The highest BCUT2D eigenvalue weighted by Crippen LogP contribution is 2.34. The smallest absolute Gasteiger partial charge is 0.116 e. The zero-order chi connectivity index (χ0) is 25.3. The van der Waals surface area contributed by atoms with Gasteiger partial charge in [0.25, 0.3) is 0 Å². The van der Waals surface area contributed by atoms with Crippen molar-refractivity contribution in [2.45, 2.75) is 32.2 Å². The molecule has 0 radical (unpaired) electrons. The number of fused-ring (bicyclic) bond motifs is 2. The first-order valence-electron chi connectivity index (χ1n) is 13.3. The largest absolute Gasteiger partial charge is 0.352 e. The van der Waals surface area contributed by atoms with E-state index in [4.69, 9.17) is 0 Å². The van der Waals surface area contributed by atoms with Gasteiger partial charge < -0.3 is 10.3 Å². The average Bonchev–Trinajstić information content (AvgIpc) is 3.73. The van der Waals surface area contributed by atoms with Gasteiger partial charge in [-0.25, -0.2) is 0 Å². The van der Waals surface area contributed by atoms with E-state index in [1.54, 1.807) is 12.4 Å². The van der Waals surface area contributed by atoms with E-state index in [0.29, 0.717) is 0 Å². The molecule has 0 saturated heterocycles. The van der Waals surface area contributed by atoms with Crippen LogP contribution in [0.1, 0.15) is 31.2 Å². The second kappa shape index (κ2) is 9.84. The van der Waals surface area contributed by atoms with Crippen molar-refractivity contribution in [3.05, 3.63) is 85.2 Å². The van der Waals surface area contributed by atoms with E-state index in [9.17, 15) is 0 Å². The summed E-state index contributed by atoms with van der Waals surface area (Å²) >= 11 is 0. The summed E-state index contributed by atoms with van der Waals surface area (Å²) < 4.78 is 0. The summed E-state index contributed by atoms with van der Waals surface area (Å²) in [5.41, 5.74) is 9.41. The lowest BCUT2D eigenvalue weighted by Crippen LogP contribution is -2.20. The molecule has 7 rings (SSSR count). The maximum absolute atomic E-state index is 4.68. The maximum atomic E-state index is 4.68. The Hall–Kier alpha value is -4.36. The quantitative estimate of drug-likeness (QED) is 0.233. The number of benzene rings is 1. The van der Waals surface area contributed by atoms with Crippen LogP contribution in [-0.4, -0.2) is 36.7 Å². The Morgan fingerprint density at radius 3 is 2.53 bits per heavy atom. The lowest BCUT2D eigenvalue weighted by atomic mass is 10.0. The van der Waals surface area contributed by atoms with Crippen molar-refractivity contribution in [2.24, 2.45) is 5.92 Å². The second-order valence-electron chi connectivity index (χ2n) is 10.3. The van der Waals surface area contributed by atoms with Crippen molar-refractivity contribution in [1.82, 2.24) is 35.5 Å². The number of hydrogen-bond donors (Lipinski definition) is 3. The van der Waals surface area contributed by atoms with E-state index in [2.05, 4.69) is 65.8 Å². The monoisotopic (exact) mass is 499 g/mol. The average molecular weight is 500 g/mol. The fourth-order valence-electron chi connectivity index (χ4n) is 5.72. The molecule has 0 unspecified atom stereocenters. The van der Waals surface area contributed by atoms with Gasteiger partial charge in [0, 0.05) is 59.4 Å². The maximum Gasteiger partial charge on any atom is 0.116 e. The fraction of sp³-hybridized carbons (Fsp3) is 0.226. The third-order valence-electron chi connectivity index (χ3n) is 7.72. The number of aromatic amines is 2. The molecule has 0 spiro atoms. The highest BCUT2D eigenvalue weighted by molar-refractivity contribution is 6.01. The van der Waals surface area contributed by atoms with Crippen molar-refractivity contribution in [2.75, 3.05) is 6.54 Å². The number of hydrogen-bond acceptors (Lipinski definition) is 5. The lowest BCUT2D eigenvalue weighted by molar-refractivity contribution is 0.489. The van der Waals surface area contributed by atoms with Crippen molar-refractivity contribution in [3.8, 4) is 33.6 Å². The van der Waals surface area contributed by atoms with Gasteiger partial charge in [-0.1, -0.05) is 18.9 Å². The van der Waals surface area contributed by atoms with Gasteiger partial charge in [-0.2, -0.15) is 5.10 Å². The molecule has 38 heavy (non-hydrogen) atoms. The van der Waals surface area contributed by atoms with E-state index in [1.165, 1.54) is 31.2 Å². The molecule has 1 saturated carbocycles. The SMILES string of the molecule is c1cc(-c2cncc3[nH]c(-c4n[nH]c5ccc(-c6cncc(CNCC7CCCC7)c6)cc45)cc23)ccn1. The predicted octanol–water partition coefficient (Wildman–Crippen LogP) is 6.51. The molecule has 7 nitrogen and oxygen atoms in total. The number of pyridine rings is 3. The summed E-state index contributed by atoms with van der Waals surface area (Å²) in [7, 11) is 0. The topological polar surface area (TPSA) is 95.2 Å². The molecule has 5 aromatic heterocycles. The molecular formula is C31H29N7. The summed E-state index contributed by atoms with van der Waals surface area (Å²) in [6.07, 6.45) is 16.8. The highest BCUT2D eigenvalue weighted by atomic mass is 15.1. The Bertz CT molecular complexity index is 1710. The van der Waals surface area contributed by atoms with Gasteiger partial charge in [0.2, 0.25) is 0 Å². The molecular weight excluding hydrogens is 470 g/mol. The third kappa shape index (κ3) is 4.35. The van der Waals surface area contributed by atoms with Crippen LogP contribution < -0.4 is 5.32 Å². The number of nitrogens with one attached hydrogen (secondary N) is 3. The molecule has 0 amide bonds. The first kappa shape index (κ1) is 22.8. The lowest BCUT2D eigenvalue weighted by Gasteiger charge is -2.11. The highest BCUT2D eigenvalue weighted by Gasteiger charge is 2.16. The minimum atomic E-state index is 0.828. The number of aromatic nitrogens is 6. The molecule has 1 aromatic carbocycles. The minimum Gasteiger partial charge on any atom is -0.352 e. The molecule has 0 aliphatic heterocycles. The van der Waals surface area contributed by atoms with Gasteiger partial charge in [0.05, 0.1) is 22.9 Å². The zero-order valence-electron chi connectivity index (χ0n) is 21.1. The van der Waals surface area contributed by atoms with Crippen molar-refractivity contribution >= 4 is 21.8 Å². The molecule has 1 fully saturated rings. The molecule has 3 N–H and O–H groups in total. The van der Waals surface area contributed by atoms with Crippen LogP contribution in [0.2, 0.25) is 0 Å². The third-order valence-corrected chi connectivity index (χ3v) is 7.72. The Morgan fingerprint density at radius 1 is 0.763 bits per heavy atom. The molecule has 1 aliphatic carbocycles. The van der Waals surface area contributed by atoms with Crippen LogP contribution in [0, 0.1) is 5.92 Å². The predicted molar refractivity (Wildman–Crippen MR) is 151 cm³/mol. The van der Waals surface area contributed by atoms with E-state index in [1.807, 2.05) is 36.9 Å². The van der Waals surface area contributed by atoms with Gasteiger partial charge in [-0.15, -0.1) is 0 Å². The Labute approximate surface area is 220 Å². The molecule has 5 heterocycles. The first-order chi connectivity index (χ1) is 18.8. The van der Waals surface area contributed by atoms with Crippen LogP contribution in [0.5, 0.6) is 0 Å². The summed E-state index contributed by atoms with van der Waals surface area (Å²) in [5.74, 6) is 0.828. The number of nitrogens with zero attached hydrogens (tertiary/aromatic N) is 4. The van der Waals surface area contributed by atoms with Crippen molar-refractivity contribution in [3.63, 3.8) is 0 Å². The zero-order valence-corrected chi connectivity index (χ0v) is 21.1. The number of rotatable bonds is 7. The van der Waals surface area contributed by atoms with Gasteiger partial charge >= 0.3 is 0 Å². The summed E-state index contributed by atoms with van der Waals surface area (Å²) in [4.78, 5) is 16.7.